The van der Waals surface area contributed by atoms with Gasteiger partial charge < -0.3 is 20.1 Å². The van der Waals surface area contributed by atoms with E-state index in [1.165, 1.54) is 18.4 Å². The van der Waals surface area contributed by atoms with Crippen LogP contribution in [0, 0.1) is 0 Å². The van der Waals surface area contributed by atoms with E-state index >= 15 is 0 Å². The minimum Gasteiger partial charge on any atom is -0.454 e. The smallest absolute Gasteiger partial charge is 0.253 e. The molecule has 9 heteroatoms. The van der Waals surface area contributed by atoms with Crippen molar-refractivity contribution in [2.24, 2.45) is 0 Å². The molecule has 0 saturated heterocycles. The fourth-order valence-corrected chi connectivity index (χ4v) is 4.36. The number of fused-ring (bicyclic) bond motifs is 1. The molecule has 1 heterocycles. The molecule has 3 aromatic rings. The molecule has 4 rings (SSSR count). The van der Waals surface area contributed by atoms with Crippen molar-refractivity contribution in [2.75, 3.05) is 26.2 Å². The van der Waals surface area contributed by atoms with Gasteiger partial charge in [-0.25, -0.2) is 12.7 Å². The Bertz CT molecular complexity index is 1270. The quantitative estimate of drug-likeness (QED) is 0.528. The maximum atomic E-state index is 12.9. The SMILES string of the molecule is CN(C)S(=O)(=O)c1cccc(CNc2ccccc2C(=O)NCc2ccc3c(c2)OCO3)c1. The zero-order valence-electron chi connectivity index (χ0n) is 18.4. The molecule has 0 aromatic heterocycles. The molecule has 0 spiro atoms. The zero-order valence-corrected chi connectivity index (χ0v) is 19.2. The Hall–Kier alpha value is -3.56. The number of carbonyl (C=O) groups excluding carboxylic acids is 1. The lowest BCUT2D eigenvalue weighted by Crippen LogP contribution is -2.24. The van der Waals surface area contributed by atoms with Crippen molar-refractivity contribution in [1.82, 2.24) is 9.62 Å². The molecule has 0 unspecified atom stereocenters. The van der Waals surface area contributed by atoms with Gasteiger partial charge in [-0.1, -0.05) is 30.3 Å². The molecule has 0 saturated carbocycles. The largest absolute Gasteiger partial charge is 0.454 e. The van der Waals surface area contributed by atoms with Crippen LogP contribution in [-0.2, 0) is 23.1 Å². The molecule has 172 valence electrons. The average Bonchev–Trinajstić information content (AvgIpc) is 3.29. The van der Waals surface area contributed by atoms with Crippen molar-refractivity contribution in [2.45, 2.75) is 18.0 Å². The molecule has 0 aliphatic carbocycles. The third kappa shape index (κ3) is 5.10. The number of carbonyl (C=O) groups is 1. The van der Waals surface area contributed by atoms with Crippen LogP contribution in [0.4, 0.5) is 5.69 Å². The summed E-state index contributed by atoms with van der Waals surface area (Å²) in [4.78, 5) is 13.1. The van der Waals surface area contributed by atoms with Crippen LogP contribution in [0.1, 0.15) is 21.5 Å². The second-order valence-corrected chi connectivity index (χ2v) is 9.86. The van der Waals surface area contributed by atoms with Crippen LogP contribution >= 0.6 is 0 Å². The molecule has 8 nitrogen and oxygen atoms in total. The van der Waals surface area contributed by atoms with E-state index in [2.05, 4.69) is 10.6 Å². The topological polar surface area (TPSA) is 97.0 Å². The fourth-order valence-electron chi connectivity index (χ4n) is 3.39. The average molecular weight is 468 g/mol. The molecule has 0 atom stereocenters. The molecule has 0 radical (unpaired) electrons. The minimum atomic E-state index is -3.52. The molecule has 0 fully saturated rings. The number of ether oxygens (including phenoxy) is 2. The Morgan fingerprint density at radius 2 is 1.67 bits per heavy atom. The van der Waals surface area contributed by atoms with Crippen molar-refractivity contribution in [1.29, 1.82) is 0 Å². The first-order chi connectivity index (χ1) is 15.8. The number of benzene rings is 3. The summed E-state index contributed by atoms with van der Waals surface area (Å²) in [5, 5.41) is 6.17. The lowest BCUT2D eigenvalue weighted by molar-refractivity contribution is 0.0951. The number of hydrogen-bond acceptors (Lipinski definition) is 6. The number of para-hydroxylation sites is 1. The van der Waals surface area contributed by atoms with Gasteiger partial charge in [0.1, 0.15) is 0 Å². The normalized spacial score (nSPS) is 12.6. The summed E-state index contributed by atoms with van der Waals surface area (Å²) in [6.07, 6.45) is 0. The van der Waals surface area contributed by atoms with Crippen LogP contribution in [0.3, 0.4) is 0 Å². The summed E-state index contributed by atoms with van der Waals surface area (Å²) in [5.41, 5.74) is 2.84. The van der Waals surface area contributed by atoms with Crippen molar-refractivity contribution in [3.63, 3.8) is 0 Å². The number of nitrogens with zero attached hydrogens (tertiary/aromatic N) is 1. The Balaban J connectivity index is 1.43. The summed E-state index contributed by atoms with van der Waals surface area (Å²) in [6, 6.07) is 19.5. The maximum Gasteiger partial charge on any atom is 0.253 e. The van der Waals surface area contributed by atoms with Gasteiger partial charge in [0.2, 0.25) is 16.8 Å². The second-order valence-electron chi connectivity index (χ2n) is 7.70. The number of anilines is 1. The summed E-state index contributed by atoms with van der Waals surface area (Å²) >= 11 is 0. The summed E-state index contributed by atoms with van der Waals surface area (Å²) in [7, 11) is -0.519. The first kappa shape index (κ1) is 22.6. The number of nitrogens with one attached hydrogen (secondary N) is 2. The molecule has 3 aromatic carbocycles. The van der Waals surface area contributed by atoms with E-state index in [1.807, 2.05) is 36.4 Å². The minimum absolute atomic E-state index is 0.203. The van der Waals surface area contributed by atoms with Crippen LogP contribution in [0.5, 0.6) is 11.5 Å². The maximum absolute atomic E-state index is 12.9. The lowest BCUT2D eigenvalue weighted by Gasteiger charge is -2.14. The first-order valence-corrected chi connectivity index (χ1v) is 11.8. The molecular weight excluding hydrogens is 442 g/mol. The van der Waals surface area contributed by atoms with Gasteiger partial charge in [0.15, 0.2) is 11.5 Å². The second kappa shape index (κ2) is 9.51. The van der Waals surface area contributed by atoms with Gasteiger partial charge in [0.05, 0.1) is 10.5 Å². The van der Waals surface area contributed by atoms with Crippen LogP contribution in [0.25, 0.3) is 0 Å². The predicted molar refractivity (Wildman–Crippen MR) is 125 cm³/mol. The predicted octanol–water partition coefficient (Wildman–Crippen LogP) is 3.21. The van der Waals surface area contributed by atoms with E-state index in [4.69, 9.17) is 9.47 Å². The third-order valence-corrected chi connectivity index (χ3v) is 7.03. The molecular formula is C24H25N3O5S. The fraction of sp³-hybridized carbons (Fsp3) is 0.208. The molecule has 1 amide bonds. The summed E-state index contributed by atoms with van der Waals surface area (Å²) in [6.45, 7) is 0.908. The van der Waals surface area contributed by atoms with Gasteiger partial charge in [-0.15, -0.1) is 0 Å². The Kier molecular flexibility index (Phi) is 6.52. The van der Waals surface area contributed by atoms with Crippen molar-refractivity contribution < 1.29 is 22.7 Å². The number of rotatable bonds is 8. The molecule has 33 heavy (non-hydrogen) atoms. The highest BCUT2D eigenvalue weighted by atomic mass is 32.2. The number of amides is 1. The number of hydrogen-bond donors (Lipinski definition) is 2. The van der Waals surface area contributed by atoms with E-state index < -0.39 is 10.0 Å². The lowest BCUT2D eigenvalue weighted by atomic mass is 10.1. The van der Waals surface area contributed by atoms with Crippen LogP contribution in [-0.4, -0.2) is 39.5 Å². The molecule has 0 bridgehead atoms. The first-order valence-electron chi connectivity index (χ1n) is 10.4. The zero-order chi connectivity index (χ0) is 23.4. The summed E-state index contributed by atoms with van der Waals surface area (Å²) in [5.74, 6) is 1.14. The number of sulfonamides is 1. The van der Waals surface area contributed by atoms with Gasteiger partial charge in [0.25, 0.3) is 5.91 Å². The van der Waals surface area contributed by atoms with Gasteiger partial charge in [-0.3, -0.25) is 4.79 Å². The highest BCUT2D eigenvalue weighted by Gasteiger charge is 2.18. The highest BCUT2D eigenvalue weighted by molar-refractivity contribution is 7.89. The van der Waals surface area contributed by atoms with Gasteiger partial charge in [-0.05, 0) is 47.5 Å². The Morgan fingerprint density at radius 3 is 2.48 bits per heavy atom. The Morgan fingerprint density at radius 1 is 0.909 bits per heavy atom. The third-order valence-electron chi connectivity index (χ3n) is 5.22. The van der Waals surface area contributed by atoms with E-state index in [-0.39, 0.29) is 17.6 Å². The highest BCUT2D eigenvalue weighted by Crippen LogP contribution is 2.32. The van der Waals surface area contributed by atoms with Crippen molar-refractivity contribution in [3.05, 3.63) is 83.4 Å². The van der Waals surface area contributed by atoms with Crippen molar-refractivity contribution in [3.8, 4) is 11.5 Å². The van der Waals surface area contributed by atoms with Crippen LogP contribution in [0.2, 0.25) is 0 Å². The van der Waals surface area contributed by atoms with Crippen LogP contribution < -0.4 is 20.1 Å². The molecule has 2 N–H and O–H groups in total. The standard InChI is InChI=1S/C24H25N3O5S/c1-27(2)33(29,30)19-7-5-6-17(12-19)14-25-21-9-4-3-8-20(21)24(28)26-15-18-10-11-22-23(13-18)32-16-31-22/h3-13,25H,14-16H2,1-2H3,(H,26,28). The monoisotopic (exact) mass is 467 g/mol. The van der Waals surface area contributed by atoms with Crippen LogP contribution in [0.15, 0.2) is 71.6 Å². The van der Waals surface area contributed by atoms with E-state index in [9.17, 15) is 13.2 Å². The van der Waals surface area contributed by atoms with Gasteiger partial charge >= 0.3 is 0 Å². The van der Waals surface area contributed by atoms with Gasteiger partial charge in [0, 0.05) is 32.9 Å². The van der Waals surface area contributed by atoms with Crippen molar-refractivity contribution >= 4 is 21.6 Å². The molecule has 1 aliphatic heterocycles. The van der Waals surface area contributed by atoms with Gasteiger partial charge in [-0.2, -0.15) is 0 Å². The Labute approximate surface area is 193 Å². The molecule has 1 aliphatic rings. The van der Waals surface area contributed by atoms with E-state index in [1.54, 1.807) is 30.3 Å². The van der Waals surface area contributed by atoms with E-state index in [0.29, 0.717) is 35.8 Å². The summed E-state index contributed by atoms with van der Waals surface area (Å²) < 4.78 is 36.7. The van der Waals surface area contributed by atoms with E-state index in [0.717, 1.165) is 11.1 Å².